The number of rotatable bonds is 11. The number of carbonyl (C=O) groups excluding carboxylic acids is 2. The van der Waals surface area contributed by atoms with E-state index in [1.165, 1.54) is 0 Å². The van der Waals surface area contributed by atoms with E-state index in [4.69, 9.17) is 17.0 Å². The Kier molecular flexibility index (Phi) is 10.0. The van der Waals surface area contributed by atoms with Crippen LogP contribution in [0.3, 0.4) is 0 Å². The van der Waals surface area contributed by atoms with Crippen molar-refractivity contribution in [1.29, 1.82) is 0 Å². The molecular formula is C28H37N5O3S2. The summed E-state index contributed by atoms with van der Waals surface area (Å²) in [7, 11) is 2.13. The third kappa shape index (κ3) is 7.05. The lowest BCUT2D eigenvalue weighted by Gasteiger charge is -2.34. The molecule has 4 rings (SSSR count). The first-order chi connectivity index (χ1) is 18.4. The molecule has 2 saturated heterocycles. The largest absolute Gasteiger partial charge is 0.494 e. The van der Waals surface area contributed by atoms with Crippen LogP contribution in [0.4, 0.5) is 11.4 Å². The molecule has 0 radical (unpaired) electrons. The van der Waals surface area contributed by atoms with Crippen LogP contribution in [-0.2, 0) is 9.59 Å². The zero-order valence-corrected chi connectivity index (χ0v) is 24.0. The second-order valence-electron chi connectivity index (χ2n) is 9.64. The number of hydrogen-bond donors (Lipinski definition) is 1. The van der Waals surface area contributed by atoms with Gasteiger partial charge in [-0.15, -0.1) is 11.8 Å². The highest BCUT2D eigenvalue weighted by atomic mass is 32.2. The number of likely N-dealkylation sites (N-methyl/N-ethyl adjacent to an activating group) is 1. The van der Waals surface area contributed by atoms with Crippen LogP contribution in [0.5, 0.6) is 5.75 Å². The lowest BCUT2D eigenvalue weighted by atomic mass is 10.1. The molecule has 0 aliphatic carbocycles. The van der Waals surface area contributed by atoms with Gasteiger partial charge in [-0.1, -0.05) is 13.0 Å². The molecule has 38 heavy (non-hydrogen) atoms. The minimum Gasteiger partial charge on any atom is -0.494 e. The monoisotopic (exact) mass is 555 g/mol. The molecule has 2 aliphatic rings. The summed E-state index contributed by atoms with van der Waals surface area (Å²) in [6, 6.07) is 14.5. The molecule has 1 atom stereocenters. The van der Waals surface area contributed by atoms with E-state index in [2.05, 4.69) is 29.1 Å². The summed E-state index contributed by atoms with van der Waals surface area (Å²) >= 11 is 7.46. The van der Waals surface area contributed by atoms with Crippen molar-refractivity contribution < 1.29 is 14.3 Å². The van der Waals surface area contributed by atoms with Gasteiger partial charge >= 0.3 is 0 Å². The second-order valence-corrected chi connectivity index (χ2v) is 10.9. The van der Waals surface area contributed by atoms with Crippen molar-refractivity contribution in [2.75, 3.05) is 69.4 Å². The van der Waals surface area contributed by atoms with Gasteiger partial charge in [0, 0.05) is 49.9 Å². The van der Waals surface area contributed by atoms with Crippen molar-refractivity contribution in [3.05, 3.63) is 48.5 Å². The zero-order valence-electron chi connectivity index (χ0n) is 22.4. The highest BCUT2D eigenvalue weighted by molar-refractivity contribution is 7.98. The summed E-state index contributed by atoms with van der Waals surface area (Å²) in [5.74, 6) is 0.377. The number of ether oxygens (including phenoxy) is 1. The number of anilines is 2. The van der Waals surface area contributed by atoms with Crippen molar-refractivity contribution >= 4 is 52.3 Å². The standard InChI is InChI=1S/C28H37N5O3S2/c1-4-18-36-23-10-8-21(9-11-23)29-26(34)20-25-27(35)33(22-6-5-7-24(19-22)38-3)28(37)32(25)17-16-31-14-12-30(2)13-15-31/h5-11,19,25H,4,12-18,20H2,1-3H3,(H,29,34)/t25-/m1/s1. The number of carbonyl (C=O) groups is 2. The molecule has 204 valence electrons. The number of hydrogen-bond acceptors (Lipinski definition) is 7. The van der Waals surface area contributed by atoms with E-state index < -0.39 is 6.04 Å². The molecule has 2 aromatic carbocycles. The Morgan fingerprint density at radius 2 is 1.84 bits per heavy atom. The second kappa shape index (κ2) is 13.4. The van der Waals surface area contributed by atoms with Crippen molar-refractivity contribution in [3.8, 4) is 5.75 Å². The number of nitrogens with zero attached hydrogens (tertiary/aromatic N) is 4. The maximum atomic E-state index is 13.7. The van der Waals surface area contributed by atoms with E-state index in [9.17, 15) is 9.59 Å². The Labute approximate surface area is 235 Å². The summed E-state index contributed by atoms with van der Waals surface area (Å²) in [6.07, 6.45) is 2.95. The molecule has 2 aliphatic heterocycles. The lowest BCUT2D eigenvalue weighted by Crippen LogP contribution is -2.48. The minimum atomic E-state index is -0.653. The van der Waals surface area contributed by atoms with E-state index in [1.54, 1.807) is 16.7 Å². The maximum Gasteiger partial charge on any atom is 0.256 e. The Bertz CT molecular complexity index is 1120. The van der Waals surface area contributed by atoms with Crippen LogP contribution in [0.25, 0.3) is 0 Å². The summed E-state index contributed by atoms with van der Waals surface area (Å²) < 4.78 is 5.62. The number of amides is 2. The van der Waals surface area contributed by atoms with E-state index in [0.717, 1.165) is 55.5 Å². The van der Waals surface area contributed by atoms with Crippen molar-refractivity contribution in [1.82, 2.24) is 14.7 Å². The highest BCUT2D eigenvalue weighted by Gasteiger charge is 2.44. The molecule has 0 aromatic heterocycles. The molecule has 2 amide bonds. The first-order valence-corrected chi connectivity index (χ1v) is 14.7. The van der Waals surface area contributed by atoms with Gasteiger partial charge in [-0.05, 0) is 74.4 Å². The van der Waals surface area contributed by atoms with Crippen LogP contribution in [0, 0.1) is 0 Å². The molecular weight excluding hydrogens is 518 g/mol. The fraction of sp³-hybridized carbons (Fsp3) is 0.464. The van der Waals surface area contributed by atoms with E-state index in [1.807, 2.05) is 59.7 Å². The van der Waals surface area contributed by atoms with Gasteiger partial charge in [-0.25, -0.2) is 0 Å². The predicted octanol–water partition coefficient (Wildman–Crippen LogP) is 3.78. The molecule has 2 heterocycles. The number of nitrogens with one attached hydrogen (secondary N) is 1. The predicted molar refractivity (Wildman–Crippen MR) is 158 cm³/mol. The first-order valence-electron chi connectivity index (χ1n) is 13.1. The average Bonchev–Trinajstić information content (AvgIpc) is 3.16. The van der Waals surface area contributed by atoms with Gasteiger partial charge in [-0.2, -0.15) is 0 Å². The minimum absolute atomic E-state index is 0.0223. The molecule has 0 unspecified atom stereocenters. The Morgan fingerprint density at radius 1 is 1.11 bits per heavy atom. The molecule has 8 nitrogen and oxygen atoms in total. The summed E-state index contributed by atoms with van der Waals surface area (Å²) in [4.78, 5) is 36.1. The van der Waals surface area contributed by atoms with Crippen molar-refractivity contribution in [2.24, 2.45) is 0 Å². The third-order valence-electron chi connectivity index (χ3n) is 6.87. The third-order valence-corrected chi connectivity index (χ3v) is 8.02. The van der Waals surface area contributed by atoms with E-state index in [0.29, 0.717) is 24.0 Å². The number of piperazine rings is 1. The summed E-state index contributed by atoms with van der Waals surface area (Å²) in [5, 5.41) is 3.39. The number of thioether (sulfide) groups is 1. The quantitative estimate of drug-likeness (QED) is 0.332. The zero-order chi connectivity index (χ0) is 27.1. The molecule has 1 N–H and O–H groups in total. The van der Waals surface area contributed by atoms with Crippen LogP contribution in [0.2, 0.25) is 0 Å². The Balaban J connectivity index is 1.48. The summed E-state index contributed by atoms with van der Waals surface area (Å²) in [5.41, 5.74) is 1.41. The van der Waals surface area contributed by atoms with Crippen LogP contribution < -0.4 is 15.0 Å². The van der Waals surface area contributed by atoms with Crippen LogP contribution in [0.1, 0.15) is 19.8 Å². The Hall–Kier alpha value is -2.66. The molecule has 10 heteroatoms. The van der Waals surface area contributed by atoms with Gasteiger partial charge in [0.15, 0.2) is 5.11 Å². The SMILES string of the molecule is CCCOc1ccc(NC(=O)C[C@@H]2C(=O)N(c3cccc(SC)c3)C(=S)N2CCN2CCN(C)CC2)cc1. The van der Waals surface area contributed by atoms with Gasteiger partial charge in [0.1, 0.15) is 11.8 Å². The van der Waals surface area contributed by atoms with Crippen molar-refractivity contribution in [3.63, 3.8) is 0 Å². The molecule has 0 bridgehead atoms. The topological polar surface area (TPSA) is 68.4 Å². The summed E-state index contributed by atoms with van der Waals surface area (Å²) in [6.45, 7) is 8.08. The van der Waals surface area contributed by atoms with E-state index in [-0.39, 0.29) is 18.2 Å². The fourth-order valence-electron chi connectivity index (χ4n) is 4.64. The van der Waals surface area contributed by atoms with Gasteiger partial charge in [0.2, 0.25) is 5.91 Å². The van der Waals surface area contributed by atoms with Gasteiger partial charge in [-0.3, -0.25) is 19.4 Å². The molecule has 0 spiro atoms. The number of benzene rings is 2. The average molecular weight is 556 g/mol. The van der Waals surface area contributed by atoms with Gasteiger partial charge in [0.25, 0.3) is 5.91 Å². The van der Waals surface area contributed by atoms with Crippen LogP contribution in [0.15, 0.2) is 53.4 Å². The molecule has 2 fully saturated rings. The maximum absolute atomic E-state index is 13.7. The van der Waals surface area contributed by atoms with Crippen LogP contribution >= 0.6 is 24.0 Å². The fourth-order valence-corrected chi connectivity index (χ4v) is 5.50. The van der Waals surface area contributed by atoms with Crippen molar-refractivity contribution in [2.45, 2.75) is 30.7 Å². The number of thiocarbonyl (C=S) groups is 1. The normalized spacial score (nSPS) is 18.8. The molecule has 0 saturated carbocycles. The molecule has 2 aromatic rings. The lowest BCUT2D eigenvalue weighted by molar-refractivity contribution is -0.124. The van der Waals surface area contributed by atoms with Gasteiger partial charge in [0.05, 0.1) is 18.7 Å². The smallest absolute Gasteiger partial charge is 0.256 e. The highest BCUT2D eigenvalue weighted by Crippen LogP contribution is 2.30. The first kappa shape index (κ1) is 28.4. The van der Waals surface area contributed by atoms with Crippen LogP contribution in [-0.4, -0.2) is 96.8 Å². The Morgan fingerprint density at radius 3 is 2.53 bits per heavy atom. The van der Waals surface area contributed by atoms with Gasteiger partial charge < -0.3 is 19.9 Å². The van der Waals surface area contributed by atoms with E-state index >= 15 is 0 Å².